The van der Waals surface area contributed by atoms with Crippen LogP contribution >= 0.6 is 0 Å². The molecule has 44 heavy (non-hydrogen) atoms. The van der Waals surface area contributed by atoms with Gasteiger partial charge in [-0.25, -0.2) is 15.0 Å². The molecule has 0 aliphatic heterocycles. The molecule has 0 bridgehead atoms. The normalized spacial score (nSPS) is 12.3. The molecule has 0 radical (unpaired) electrons. The first kappa shape index (κ1) is 30.8. The molecule has 222 valence electrons. The molecule has 0 aliphatic rings. The van der Waals surface area contributed by atoms with E-state index in [2.05, 4.69) is 145 Å². The molecule has 5 rings (SSSR count). The van der Waals surface area contributed by atoms with Crippen LogP contribution in [-0.4, -0.2) is 16.4 Å². The summed E-state index contributed by atoms with van der Waals surface area (Å²) in [6.07, 6.45) is 1.83. The van der Waals surface area contributed by atoms with Crippen molar-refractivity contribution in [3.8, 4) is 0 Å². The third-order valence-electron chi connectivity index (χ3n) is 8.08. The van der Waals surface area contributed by atoms with Crippen LogP contribution < -0.4 is 0 Å². The lowest BCUT2D eigenvalue weighted by atomic mass is 9.92. The number of hydrogen-bond donors (Lipinski definition) is 0. The number of hydrogen-bond acceptors (Lipinski definition) is 3. The predicted molar refractivity (Wildman–Crippen MR) is 188 cm³/mol. The van der Waals surface area contributed by atoms with Gasteiger partial charge < -0.3 is 0 Å². The Labute approximate surface area is 263 Å². The van der Waals surface area contributed by atoms with Gasteiger partial charge in [-0.1, -0.05) is 145 Å². The summed E-state index contributed by atoms with van der Waals surface area (Å²) in [6, 6.07) is 40.1. The van der Waals surface area contributed by atoms with E-state index in [0.29, 0.717) is 11.8 Å². The van der Waals surface area contributed by atoms with E-state index in [1.165, 1.54) is 22.3 Å². The van der Waals surface area contributed by atoms with Gasteiger partial charge in [-0.05, 0) is 59.1 Å². The van der Waals surface area contributed by atoms with E-state index < -0.39 is 0 Å². The third kappa shape index (κ3) is 6.78. The number of pyridine rings is 1. The van der Waals surface area contributed by atoms with Crippen LogP contribution in [0.4, 0.5) is 11.4 Å². The molecule has 4 aromatic carbocycles. The van der Waals surface area contributed by atoms with Crippen molar-refractivity contribution in [3.63, 3.8) is 0 Å². The van der Waals surface area contributed by atoms with Crippen LogP contribution in [0.15, 0.2) is 125 Å². The number of benzene rings is 4. The van der Waals surface area contributed by atoms with Crippen molar-refractivity contribution >= 4 is 22.8 Å². The van der Waals surface area contributed by atoms with Gasteiger partial charge in [-0.15, -0.1) is 0 Å². The highest BCUT2D eigenvalue weighted by Crippen LogP contribution is 2.36. The first-order valence-corrected chi connectivity index (χ1v) is 15.9. The van der Waals surface area contributed by atoms with E-state index in [0.717, 1.165) is 58.2 Å². The van der Waals surface area contributed by atoms with Gasteiger partial charge in [0.25, 0.3) is 0 Å². The van der Waals surface area contributed by atoms with Crippen LogP contribution in [0.25, 0.3) is 0 Å². The molecule has 0 atom stereocenters. The summed E-state index contributed by atoms with van der Waals surface area (Å²) in [7, 11) is 0. The van der Waals surface area contributed by atoms with Gasteiger partial charge in [0.2, 0.25) is 0 Å². The Balaban J connectivity index is 1.76. The predicted octanol–water partition coefficient (Wildman–Crippen LogP) is 10.8. The number of nitrogens with zero attached hydrogens (tertiary/aromatic N) is 3. The van der Waals surface area contributed by atoms with Gasteiger partial charge >= 0.3 is 0 Å². The molecule has 0 spiro atoms. The smallest absolute Gasteiger partial charge is 0.0966 e. The summed E-state index contributed by atoms with van der Waals surface area (Å²) in [5.74, 6) is 0.680. The molecule has 0 fully saturated rings. The largest absolute Gasteiger partial charge is 0.246 e. The average Bonchev–Trinajstić information content (AvgIpc) is 3.06. The second-order valence-electron chi connectivity index (χ2n) is 11.8. The minimum absolute atomic E-state index is 0.340. The molecule has 3 heteroatoms. The maximum Gasteiger partial charge on any atom is 0.0966 e. The zero-order valence-corrected chi connectivity index (χ0v) is 26.9. The maximum atomic E-state index is 5.47. The fraction of sp³-hybridized carbons (Fsp3) is 0.244. The van der Waals surface area contributed by atoms with Crippen molar-refractivity contribution < 1.29 is 0 Å². The standard InChI is InChI=1S/C41H43N3/c1-7-30-22-15-23-31(8-2)38(30)43-39(32-18-11-9-12-19-32)36-26-17-27-37(42-36)40(33-20-13-10-14-21-33)44-41-34(28(3)4)24-16-25-35(41)29(5)6/h9-29H,7-8H2,1-6H3. The number of aliphatic imine (C=N–C) groups is 2. The molecule has 1 aromatic heterocycles. The highest BCUT2D eigenvalue weighted by molar-refractivity contribution is 6.16. The van der Waals surface area contributed by atoms with Gasteiger partial charge in [-0.3, -0.25) is 0 Å². The fourth-order valence-corrected chi connectivity index (χ4v) is 5.65. The molecule has 3 nitrogen and oxygen atoms in total. The van der Waals surface area contributed by atoms with Gasteiger partial charge in [0, 0.05) is 11.1 Å². The van der Waals surface area contributed by atoms with E-state index in [4.69, 9.17) is 15.0 Å². The topological polar surface area (TPSA) is 37.6 Å². The lowest BCUT2D eigenvalue weighted by molar-refractivity contribution is 0.834. The van der Waals surface area contributed by atoms with Crippen LogP contribution in [0, 0.1) is 0 Å². The highest BCUT2D eigenvalue weighted by atomic mass is 14.9. The lowest BCUT2D eigenvalue weighted by Crippen LogP contribution is -2.12. The average molecular weight is 578 g/mol. The zero-order chi connectivity index (χ0) is 31.1. The summed E-state index contributed by atoms with van der Waals surface area (Å²) in [6.45, 7) is 13.3. The zero-order valence-electron chi connectivity index (χ0n) is 26.9. The molecule has 0 saturated heterocycles. The number of rotatable bonds is 10. The van der Waals surface area contributed by atoms with E-state index in [1.54, 1.807) is 0 Å². The minimum Gasteiger partial charge on any atom is -0.246 e. The number of aromatic nitrogens is 1. The fourth-order valence-electron chi connectivity index (χ4n) is 5.65. The Morgan fingerprint density at radius 3 is 1.34 bits per heavy atom. The van der Waals surface area contributed by atoms with Crippen LogP contribution in [0.1, 0.15) is 98.1 Å². The van der Waals surface area contributed by atoms with Crippen LogP contribution in [-0.2, 0) is 12.8 Å². The second kappa shape index (κ2) is 14.2. The van der Waals surface area contributed by atoms with Gasteiger partial charge in [-0.2, -0.15) is 0 Å². The SMILES string of the molecule is CCc1cccc(CC)c1N=C(c1ccccc1)c1cccc(C(=Nc2c(C(C)C)cccc2C(C)C)c2ccccc2)n1. The first-order chi connectivity index (χ1) is 21.4. The highest BCUT2D eigenvalue weighted by Gasteiger charge is 2.19. The third-order valence-corrected chi connectivity index (χ3v) is 8.08. The van der Waals surface area contributed by atoms with Crippen molar-refractivity contribution in [2.75, 3.05) is 0 Å². The lowest BCUT2D eigenvalue weighted by Gasteiger charge is -2.18. The Bertz CT molecular complexity index is 1710. The van der Waals surface area contributed by atoms with Crippen LogP contribution in [0.5, 0.6) is 0 Å². The van der Waals surface area contributed by atoms with Crippen molar-refractivity contribution in [3.05, 3.63) is 160 Å². The van der Waals surface area contributed by atoms with Gasteiger partial charge in [0.15, 0.2) is 0 Å². The number of aryl methyl sites for hydroxylation is 2. The minimum atomic E-state index is 0.340. The molecular weight excluding hydrogens is 534 g/mol. The quantitative estimate of drug-likeness (QED) is 0.152. The van der Waals surface area contributed by atoms with Crippen LogP contribution in [0.2, 0.25) is 0 Å². The van der Waals surface area contributed by atoms with Gasteiger partial charge in [0.1, 0.15) is 0 Å². The van der Waals surface area contributed by atoms with Crippen molar-refractivity contribution in [2.45, 2.75) is 66.2 Å². The van der Waals surface area contributed by atoms with Crippen molar-refractivity contribution in [1.29, 1.82) is 0 Å². The van der Waals surface area contributed by atoms with Crippen molar-refractivity contribution in [1.82, 2.24) is 4.98 Å². The molecule has 0 aliphatic carbocycles. The van der Waals surface area contributed by atoms with E-state index in [9.17, 15) is 0 Å². The molecule has 0 unspecified atom stereocenters. The molecule has 0 N–H and O–H groups in total. The summed E-state index contributed by atoms with van der Waals surface area (Å²) >= 11 is 0. The van der Waals surface area contributed by atoms with E-state index in [-0.39, 0.29) is 0 Å². The van der Waals surface area contributed by atoms with Gasteiger partial charge in [0.05, 0.1) is 34.2 Å². The Hall–Kier alpha value is -4.63. The summed E-state index contributed by atoms with van der Waals surface area (Å²) in [5.41, 5.74) is 12.5. The number of para-hydroxylation sites is 2. The van der Waals surface area contributed by atoms with Crippen molar-refractivity contribution in [2.24, 2.45) is 9.98 Å². The Kier molecular flexibility index (Phi) is 9.96. The molecular formula is C41H43N3. The molecule has 0 saturated carbocycles. The Morgan fingerprint density at radius 1 is 0.500 bits per heavy atom. The maximum absolute atomic E-state index is 5.47. The summed E-state index contributed by atoms with van der Waals surface area (Å²) < 4.78 is 0. The summed E-state index contributed by atoms with van der Waals surface area (Å²) in [4.78, 5) is 16.2. The summed E-state index contributed by atoms with van der Waals surface area (Å²) in [5, 5.41) is 0. The molecule has 0 amide bonds. The molecule has 5 aromatic rings. The first-order valence-electron chi connectivity index (χ1n) is 15.9. The van der Waals surface area contributed by atoms with E-state index in [1.807, 2.05) is 12.1 Å². The monoisotopic (exact) mass is 577 g/mol. The van der Waals surface area contributed by atoms with E-state index >= 15 is 0 Å². The molecule has 1 heterocycles. The van der Waals surface area contributed by atoms with Crippen LogP contribution in [0.3, 0.4) is 0 Å². The second-order valence-corrected chi connectivity index (χ2v) is 11.8. The Morgan fingerprint density at radius 2 is 0.909 bits per heavy atom.